The van der Waals surface area contributed by atoms with Gasteiger partial charge in [0, 0.05) is 11.9 Å². The molecule has 1 unspecified atom stereocenters. The summed E-state index contributed by atoms with van der Waals surface area (Å²) in [6, 6.07) is 14.4. The van der Waals surface area contributed by atoms with Crippen LogP contribution < -0.4 is 20.3 Å². The molecule has 3 aromatic rings. The molecule has 1 amide bonds. The highest BCUT2D eigenvalue weighted by Crippen LogP contribution is 2.18. The first-order chi connectivity index (χ1) is 14.9. The van der Waals surface area contributed by atoms with Gasteiger partial charge in [-0.1, -0.05) is 32.0 Å². The first-order valence-corrected chi connectivity index (χ1v) is 10.5. The predicted octanol–water partition coefficient (Wildman–Crippen LogP) is 3.19. The molecule has 1 aromatic heterocycles. The molecule has 0 aliphatic rings. The van der Waals surface area contributed by atoms with E-state index in [9.17, 15) is 9.59 Å². The monoisotopic (exact) mass is 423 g/mol. The zero-order valence-corrected chi connectivity index (χ0v) is 18.4. The Morgan fingerprint density at radius 2 is 1.71 bits per heavy atom. The Labute approximate surface area is 182 Å². The highest BCUT2D eigenvalue weighted by Gasteiger charge is 2.19. The number of nitrogens with zero attached hydrogens (tertiary/aromatic N) is 2. The summed E-state index contributed by atoms with van der Waals surface area (Å²) >= 11 is 0. The van der Waals surface area contributed by atoms with Gasteiger partial charge in [0.2, 0.25) is 5.91 Å². The molecule has 7 heteroatoms. The minimum absolute atomic E-state index is 0.0898. The summed E-state index contributed by atoms with van der Waals surface area (Å²) < 4.78 is 12.4. The number of aromatic nitrogens is 2. The van der Waals surface area contributed by atoms with Gasteiger partial charge in [0.25, 0.3) is 5.56 Å². The molecule has 0 radical (unpaired) electrons. The number of hydrogen-bond acceptors (Lipinski definition) is 5. The molecule has 31 heavy (non-hydrogen) atoms. The minimum Gasteiger partial charge on any atom is -0.497 e. The highest BCUT2D eigenvalue weighted by molar-refractivity contribution is 5.88. The normalized spacial score (nSPS) is 12.0. The zero-order chi connectivity index (χ0) is 22.4. The fraction of sp³-hybridized carbons (Fsp3) is 0.375. The number of carbonyl (C=O) groups is 1. The summed E-state index contributed by atoms with van der Waals surface area (Å²) in [5.74, 6) is 1.49. The number of benzene rings is 2. The molecule has 1 atom stereocenters. The molecule has 1 N–H and O–H groups in total. The number of hydrogen-bond donors (Lipinski definition) is 1. The van der Waals surface area contributed by atoms with Crippen LogP contribution in [0, 0.1) is 5.92 Å². The average molecular weight is 424 g/mol. The van der Waals surface area contributed by atoms with E-state index in [4.69, 9.17) is 9.47 Å². The van der Waals surface area contributed by atoms with E-state index in [2.05, 4.69) is 10.4 Å². The maximum absolute atomic E-state index is 12.8. The maximum atomic E-state index is 12.8. The van der Waals surface area contributed by atoms with Crippen molar-refractivity contribution in [2.24, 2.45) is 5.92 Å². The highest BCUT2D eigenvalue weighted by atomic mass is 16.5. The number of ether oxygens (including phenoxy) is 2. The van der Waals surface area contributed by atoms with Crippen molar-refractivity contribution in [2.75, 3.05) is 13.7 Å². The summed E-state index contributed by atoms with van der Waals surface area (Å²) in [7, 11) is 1.62. The van der Waals surface area contributed by atoms with Crippen molar-refractivity contribution >= 4 is 16.7 Å². The Morgan fingerprint density at radius 3 is 2.32 bits per heavy atom. The van der Waals surface area contributed by atoms with E-state index in [1.54, 1.807) is 13.2 Å². The fourth-order valence-electron chi connectivity index (χ4n) is 3.32. The molecule has 2 aromatic carbocycles. The molecule has 0 bridgehead atoms. The summed E-state index contributed by atoms with van der Waals surface area (Å²) in [6.07, 6.45) is 0.0898. The lowest BCUT2D eigenvalue weighted by Crippen LogP contribution is -2.43. The molecule has 0 saturated heterocycles. The molecule has 7 nitrogen and oxygen atoms in total. The van der Waals surface area contributed by atoms with Crippen LogP contribution in [0.15, 0.2) is 53.3 Å². The number of amides is 1. The van der Waals surface area contributed by atoms with Crippen molar-refractivity contribution < 1.29 is 14.3 Å². The van der Waals surface area contributed by atoms with Crippen molar-refractivity contribution in [3.63, 3.8) is 0 Å². The lowest BCUT2D eigenvalue weighted by Gasteiger charge is -2.23. The van der Waals surface area contributed by atoms with Crippen molar-refractivity contribution in [1.82, 2.24) is 15.1 Å². The Morgan fingerprint density at radius 1 is 1.06 bits per heavy atom. The zero-order valence-electron chi connectivity index (χ0n) is 18.4. The van der Waals surface area contributed by atoms with Gasteiger partial charge in [-0.25, -0.2) is 4.68 Å². The maximum Gasteiger partial charge on any atom is 0.274 e. The molecule has 1 heterocycles. The minimum atomic E-state index is -0.169. The second-order valence-electron chi connectivity index (χ2n) is 7.69. The SMILES string of the molecule is CCn1nc(CC(=O)NC(COc2ccc(OC)cc2)C(C)C)c2ccccc2c1=O. The van der Waals surface area contributed by atoms with Gasteiger partial charge >= 0.3 is 0 Å². The van der Waals surface area contributed by atoms with E-state index in [1.165, 1.54) is 4.68 Å². The van der Waals surface area contributed by atoms with Gasteiger partial charge in [0.1, 0.15) is 18.1 Å². The number of rotatable bonds is 9. The van der Waals surface area contributed by atoms with Gasteiger partial charge in [-0.2, -0.15) is 5.10 Å². The Bertz CT molecular complexity index is 1090. The van der Waals surface area contributed by atoms with Crippen LogP contribution in [0.3, 0.4) is 0 Å². The molecular weight excluding hydrogens is 394 g/mol. The summed E-state index contributed by atoms with van der Waals surface area (Å²) in [4.78, 5) is 25.3. The van der Waals surface area contributed by atoms with E-state index < -0.39 is 0 Å². The summed E-state index contributed by atoms with van der Waals surface area (Å²) in [6.45, 7) is 6.72. The molecule has 0 saturated carbocycles. The topological polar surface area (TPSA) is 82.5 Å². The lowest BCUT2D eigenvalue weighted by atomic mass is 10.0. The third kappa shape index (κ3) is 5.42. The number of carbonyl (C=O) groups excluding carboxylic acids is 1. The standard InChI is InChI=1S/C24H29N3O4/c1-5-27-24(29)20-9-7-6-8-19(20)21(26-27)14-23(28)25-22(16(2)3)15-31-18-12-10-17(30-4)11-13-18/h6-13,16,22H,5,14-15H2,1-4H3,(H,25,28). The molecule has 0 spiro atoms. The van der Waals surface area contributed by atoms with E-state index >= 15 is 0 Å². The third-order valence-electron chi connectivity index (χ3n) is 5.21. The second-order valence-corrected chi connectivity index (χ2v) is 7.69. The first kappa shape index (κ1) is 22.3. The largest absolute Gasteiger partial charge is 0.497 e. The van der Waals surface area contributed by atoms with Crippen LogP contribution in [-0.4, -0.2) is 35.4 Å². The van der Waals surface area contributed by atoms with Crippen LogP contribution in [0.1, 0.15) is 26.5 Å². The quantitative estimate of drug-likeness (QED) is 0.572. The van der Waals surface area contributed by atoms with Crippen molar-refractivity contribution in [3.05, 3.63) is 64.6 Å². The molecule has 0 aliphatic heterocycles. The number of fused-ring (bicyclic) bond motifs is 1. The predicted molar refractivity (Wildman–Crippen MR) is 121 cm³/mol. The molecule has 0 fully saturated rings. The van der Waals surface area contributed by atoms with Gasteiger partial charge < -0.3 is 14.8 Å². The Kier molecular flexibility index (Phi) is 7.28. The van der Waals surface area contributed by atoms with Crippen LogP contribution in [-0.2, 0) is 17.8 Å². The van der Waals surface area contributed by atoms with E-state index in [0.717, 1.165) is 5.75 Å². The van der Waals surface area contributed by atoms with Crippen molar-refractivity contribution in [1.29, 1.82) is 0 Å². The lowest BCUT2D eigenvalue weighted by molar-refractivity contribution is -0.121. The van der Waals surface area contributed by atoms with Crippen LogP contribution in [0.25, 0.3) is 10.8 Å². The van der Waals surface area contributed by atoms with Gasteiger partial charge in [0.05, 0.1) is 30.7 Å². The number of methoxy groups -OCH3 is 1. The summed E-state index contributed by atoms with van der Waals surface area (Å²) in [5.41, 5.74) is 0.448. The van der Waals surface area contributed by atoms with Crippen LogP contribution >= 0.6 is 0 Å². The van der Waals surface area contributed by atoms with Crippen LogP contribution in [0.2, 0.25) is 0 Å². The van der Waals surface area contributed by atoms with E-state index in [0.29, 0.717) is 35.4 Å². The van der Waals surface area contributed by atoms with Crippen molar-refractivity contribution in [2.45, 2.75) is 39.8 Å². The number of nitrogens with one attached hydrogen (secondary N) is 1. The van der Waals surface area contributed by atoms with Gasteiger partial charge in [-0.15, -0.1) is 0 Å². The van der Waals surface area contributed by atoms with Crippen LogP contribution in [0.4, 0.5) is 0 Å². The van der Waals surface area contributed by atoms with Gasteiger partial charge in [-0.3, -0.25) is 9.59 Å². The molecule has 164 valence electrons. The van der Waals surface area contributed by atoms with Gasteiger partial charge in [-0.05, 0) is 43.2 Å². The smallest absolute Gasteiger partial charge is 0.274 e. The van der Waals surface area contributed by atoms with E-state index in [1.807, 2.05) is 63.2 Å². The molecule has 3 rings (SSSR count). The third-order valence-corrected chi connectivity index (χ3v) is 5.21. The Balaban J connectivity index is 1.71. The molecule has 0 aliphatic carbocycles. The van der Waals surface area contributed by atoms with E-state index in [-0.39, 0.29) is 29.8 Å². The first-order valence-electron chi connectivity index (χ1n) is 10.5. The van der Waals surface area contributed by atoms with Gasteiger partial charge in [0.15, 0.2) is 0 Å². The Hall–Kier alpha value is -3.35. The average Bonchev–Trinajstić information content (AvgIpc) is 2.78. The summed E-state index contributed by atoms with van der Waals surface area (Å²) in [5, 5.41) is 8.77. The number of aryl methyl sites for hydroxylation is 1. The fourth-order valence-corrected chi connectivity index (χ4v) is 3.32. The van der Waals surface area contributed by atoms with Crippen molar-refractivity contribution in [3.8, 4) is 11.5 Å². The second kappa shape index (κ2) is 10.1. The molecular formula is C24H29N3O4. The van der Waals surface area contributed by atoms with Crippen LogP contribution in [0.5, 0.6) is 11.5 Å².